The van der Waals surface area contributed by atoms with E-state index in [1.165, 1.54) is 6.92 Å². The number of nitrogens with two attached hydrogens (primary N) is 1. The fourth-order valence-corrected chi connectivity index (χ4v) is 1.49. The van der Waals surface area contributed by atoms with E-state index in [1.54, 1.807) is 4.90 Å². The summed E-state index contributed by atoms with van der Waals surface area (Å²) in [7, 11) is 0. The number of carbonyl (C=O) groups excluding carboxylic acids is 2. The smallest absolute Gasteiger partial charge is 0.219 e. The molecule has 13 heavy (non-hydrogen) atoms. The number of primary amides is 1. The van der Waals surface area contributed by atoms with Crippen LogP contribution in [0.4, 0.5) is 0 Å². The summed E-state index contributed by atoms with van der Waals surface area (Å²) in [5.74, 6) is -0.279. The van der Waals surface area contributed by atoms with E-state index >= 15 is 0 Å². The number of hydrogen-bond acceptors (Lipinski definition) is 3. The predicted octanol–water partition coefficient (Wildman–Crippen LogP) is -1.32. The molecule has 2 amide bonds. The molecule has 0 aromatic rings. The molecule has 3 N–H and O–H groups in total. The predicted molar refractivity (Wildman–Crippen MR) is 47.9 cm³/mol. The maximum Gasteiger partial charge on any atom is 0.219 e. The van der Waals surface area contributed by atoms with Crippen molar-refractivity contribution in [2.24, 2.45) is 5.73 Å². The number of amides is 2. The second kappa shape index (κ2) is 4.23. The molecule has 0 saturated carbocycles. The Labute approximate surface area is 77.3 Å². The first-order valence-electron chi connectivity index (χ1n) is 4.37. The van der Waals surface area contributed by atoms with Crippen LogP contribution in [0.25, 0.3) is 0 Å². The number of nitrogens with one attached hydrogen (secondary N) is 1. The van der Waals surface area contributed by atoms with Gasteiger partial charge in [-0.2, -0.15) is 0 Å². The number of rotatable bonds is 2. The van der Waals surface area contributed by atoms with Crippen LogP contribution in [-0.2, 0) is 9.59 Å². The Balaban J connectivity index is 2.41. The third kappa shape index (κ3) is 3.02. The van der Waals surface area contributed by atoms with Gasteiger partial charge in [0.2, 0.25) is 11.8 Å². The average Bonchev–Trinajstić information content (AvgIpc) is 2.03. The summed E-state index contributed by atoms with van der Waals surface area (Å²) in [6.45, 7) is 3.56. The maximum absolute atomic E-state index is 11.0. The summed E-state index contributed by atoms with van der Waals surface area (Å²) in [6.07, 6.45) is 0.295. The minimum Gasteiger partial charge on any atom is -0.370 e. The van der Waals surface area contributed by atoms with Crippen LogP contribution < -0.4 is 11.1 Å². The highest BCUT2D eigenvalue weighted by Crippen LogP contribution is 2.02. The van der Waals surface area contributed by atoms with Gasteiger partial charge in [0.25, 0.3) is 0 Å². The fourth-order valence-electron chi connectivity index (χ4n) is 1.49. The number of piperazine rings is 1. The van der Waals surface area contributed by atoms with Crippen molar-refractivity contribution in [3.63, 3.8) is 0 Å². The van der Waals surface area contributed by atoms with Gasteiger partial charge in [-0.15, -0.1) is 0 Å². The Kier molecular flexibility index (Phi) is 3.25. The molecular weight excluding hydrogens is 170 g/mol. The van der Waals surface area contributed by atoms with Crippen LogP contribution in [-0.4, -0.2) is 42.4 Å². The molecule has 5 heteroatoms. The second-order valence-electron chi connectivity index (χ2n) is 3.29. The third-order valence-corrected chi connectivity index (χ3v) is 2.15. The van der Waals surface area contributed by atoms with Gasteiger partial charge < -0.3 is 16.0 Å². The Morgan fingerprint density at radius 2 is 2.31 bits per heavy atom. The van der Waals surface area contributed by atoms with Crippen molar-refractivity contribution < 1.29 is 9.59 Å². The summed E-state index contributed by atoms with van der Waals surface area (Å²) in [6, 6.07) is 0.0233. The Morgan fingerprint density at radius 3 is 2.85 bits per heavy atom. The molecular formula is C8H15N3O2. The first-order valence-corrected chi connectivity index (χ1v) is 4.37. The Morgan fingerprint density at radius 1 is 1.62 bits per heavy atom. The van der Waals surface area contributed by atoms with Gasteiger partial charge in [-0.25, -0.2) is 0 Å². The number of hydrogen-bond donors (Lipinski definition) is 2. The lowest BCUT2D eigenvalue weighted by atomic mass is 10.1. The Bertz CT molecular complexity index is 217. The molecule has 1 unspecified atom stereocenters. The zero-order chi connectivity index (χ0) is 9.84. The minimum absolute atomic E-state index is 0.0233. The second-order valence-corrected chi connectivity index (χ2v) is 3.29. The summed E-state index contributed by atoms with van der Waals surface area (Å²) in [5.41, 5.74) is 5.06. The van der Waals surface area contributed by atoms with E-state index in [9.17, 15) is 9.59 Å². The van der Waals surface area contributed by atoms with Crippen molar-refractivity contribution in [3.8, 4) is 0 Å². The van der Waals surface area contributed by atoms with Gasteiger partial charge in [-0.05, 0) is 0 Å². The molecule has 5 nitrogen and oxygen atoms in total. The van der Waals surface area contributed by atoms with E-state index < -0.39 is 0 Å². The molecule has 0 aromatic carbocycles. The van der Waals surface area contributed by atoms with Crippen molar-refractivity contribution in [2.45, 2.75) is 19.4 Å². The van der Waals surface area contributed by atoms with Crippen LogP contribution >= 0.6 is 0 Å². The topological polar surface area (TPSA) is 75.4 Å². The summed E-state index contributed by atoms with van der Waals surface area (Å²) in [4.78, 5) is 23.4. The van der Waals surface area contributed by atoms with Gasteiger partial charge in [0.1, 0.15) is 0 Å². The molecule has 1 aliphatic rings. The molecule has 0 bridgehead atoms. The largest absolute Gasteiger partial charge is 0.370 e. The van der Waals surface area contributed by atoms with E-state index in [2.05, 4.69) is 5.32 Å². The lowest BCUT2D eigenvalue weighted by Crippen LogP contribution is -2.53. The standard InChI is InChI=1S/C8H15N3O2/c1-6(12)11-3-2-10-7(5-11)4-8(9)13/h7,10H,2-5H2,1H3,(H2,9,13). The molecule has 74 valence electrons. The maximum atomic E-state index is 11.0. The van der Waals surface area contributed by atoms with Crippen LogP contribution in [0.3, 0.4) is 0 Å². The highest BCUT2D eigenvalue weighted by molar-refractivity contribution is 5.75. The molecule has 1 saturated heterocycles. The SMILES string of the molecule is CC(=O)N1CCNC(CC(N)=O)C1. The van der Waals surface area contributed by atoms with Gasteiger partial charge in [-0.3, -0.25) is 9.59 Å². The molecule has 1 atom stereocenters. The van der Waals surface area contributed by atoms with E-state index in [0.717, 1.165) is 6.54 Å². The van der Waals surface area contributed by atoms with Gasteiger partial charge >= 0.3 is 0 Å². The van der Waals surface area contributed by atoms with Crippen LogP contribution in [0.15, 0.2) is 0 Å². The van der Waals surface area contributed by atoms with Crippen molar-refractivity contribution in [1.29, 1.82) is 0 Å². The van der Waals surface area contributed by atoms with Gasteiger partial charge in [0.15, 0.2) is 0 Å². The monoisotopic (exact) mass is 185 g/mol. The summed E-state index contributed by atoms with van der Waals surface area (Å²) in [5, 5.41) is 3.14. The van der Waals surface area contributed by atoms with Crippen LogP contribution in [0.5, 0.6) is 0 Å². The molecule has 1 rings (SSSR count). The first kappa shape index (κ1) is 9.98. The quantitative estimate of drug-likeness (QED) is 0.560. The zero-order valence-corrected chi connectivity index (χ0v) is 7.75. The van der Waals surface area contributed by atoms with Crippen molar-refractivity contribution in [2.75, 3.05) is 19.6 Å². The molecule has 0 aromatic heterocycles. The van der Waals surface area contributed by atoms with Crippen LogP contribution in [0, 0.1) is 0 Å². The van der Waals surface area contributed by atoms with Crippen molar-refractivity contribution in [1.82, 2.24) is 10.2 Å². The van der Waals surface area contributed by atoms with Crippen molar-refractivity contribution >= 4 is 11.8 Å². The average molecular weight is 185 g/mol. The molecule has 0 aliphatic carbocycles. The van der Waals surface area contributed by atoms with Crippen LogP contribution in [0.2, 0.25) is 0 Å². The van der Waals surface area contributed by atoms with E-state index in [-0.39, 0.29) is 17.9 Å². The lowest BCUT2D eigenvalue weighted by Gasteiger charge is -2.32. The minimum atomic E-state index is -0.331. The van der Waals surface area contributed by atoms with E-state index in [1.807, 2.05) is 0 Å². The fraction of sp³-hybridized carbons (Fsp3) is 0.750. The van der Waals surface area contributed by atoms with Gasteiger partial charge in [0, 0.05) is 39.0 Å². The summed E-state index contributed by atoms with van der Waals surface area (Å²) < 4.78 is 0. The van der Waals surface area contributed by atoms with E-state index in [4.69, 9.17) is 5.73 Å². The number of carbonyl (C=O) groups is 2. The molecule has 1 fully saturated rings. The highest BCUT2D eigenvalue weighted by atomic mass is 16.2. The molecule has 1 heterocycles. The van der Waals surface area contributed by atoms with Crippen LogP contribution in [0.1, 0.15) is 13.3 Å². The lowest BCUT2D eigenvalue weighted by molar-refractivity contribution is -0.130. The van der Waals surface area contributed by atoms with Gasteiger partial charge in [-0.1, -0.05) is 0 Å². The Hall–Kier alpha value is -1.10. The summed E-state index contributed by atoms with van der Waals surface area (Å²) >= 11 is 0. The van der Waals surface area contributed by atoms with E-state index in [0.29, 0.717) is 19.5 Å². The highest BCUT2D eigenvalue weighted by Gasteiger charge is 2.21. The van der Waals surface area contributed by atoms with Gasteiger partial charge in [0.05, 0.1) is 0 Å². The molecule has 1 aliphatic heterocycles. The van der Waals surface area contributed by atoms with Crippen molar-refractivity contribution in [3.05, 3.63) is 0 Å². The normalized spacial score (nSPS) is 22.8. The number of nitrogens with zero attached hydrogens (tertiary/aromatic N) is 1. The first-order chi connectivity index (χ1) is 6.09. The third-order valence-electron chi connectivity index (χ3n) is 2.15. The molecule has 0 spiro atoms. The molecule has 0 radical (unpaired) electrons. The zero-order valence-electron chi connectivity index (χ0n) is 7.75.